The van der Waals surface area contributed by atoms with Gasteiger partial charge in [-0.2, -0.15) is 0 Å². The lowest BCUT2D eigenvalue weighted by Gasteiger charge is -2.29. The molecule has 0 aliphatic rings. The Labute approximate surface area is 223 Å². The summed E-state index contributed by atoms with van der Waals surface area (Å²) in [5.74, 6) is -0.629. The van der Waals surface area contributed by atoms with E-state index in [4.69, 9.17) is 16.3 Å². The van der Waals surface area contributed by atoms with Gasteiger partial charge in [-0.1, -0.05) is 43.6 Å². The van der Waals surface area contributed by atoms with Crippen molar-refractivity contribution >= 4 is 23.4 Å². The van der Waals surface area contributed by atoms with Gasteiger partial charge in [-0.25, -0.2) is 4.39 Å². The molecule has 0 aliphatic carbocycles. The number of benzene rings is 2. The summed E-state index contributed by atoms with van der Waals surface area (Å²) in [7, 11) is 1.60. The molecule has 8 heteroatoms. The number of hydrogen-bond acceptors (Lipinski definition) is 3. The number of ether oxygens (including phenoxy) is 1. The largest absolute Gasteiger partial charge is 0.385 e. The van der Waals surface area contributed by atoms with Crippen LogP contribution in [0.1, 0.15) is 41.9 Å². The van der Waals surface area contributed by atoms with Gasteiger partial charge in [0.1, 0.15) is 12.4 Å². The van der Waals surface area contributed by atoms with E-state index >= 15 is 0 Å². The van der Waals surface area contributed by atoms with Gasteiger partial charge in [0.2, 0.25) is 5.91 Å². The molecule has 3 rings (SSSR count). The van der Waals surface area contributed by atoms with E-state index in [0.29, 0.717) is 49.8 Å². The predicted molar refractivity (Wildman–Crippen MR) is 144 cm³/mol. The summed E-state index contributed by atoms with van der Waals surface area (Å²) in [5.41, 5.74) is 2.32. The van der Waals surface area contributed by atoms with Crippen LogP contribution in [0.15, 0.2) is 66.9 Å². The van der Waals surface area contributed by atoms with Gasteiger partial charge in [-0.15, -0.1) is 0 Å². The number of hydrogen-bond donors (Lipinski definition) is 0. The topological polar surface area (TPSA) is 54.8 Å². The van der Waals surface area contributed by atoms with E-state index in [-0.39, 0.29) is 24.3 Å². The van der Waals surface area contributed by atoms with Gasteiger partial charge < -0.3 is 19.1 Å². The van der Waals surface area contributed by atoms with Crippen molar-refractivity contribution in [2.75, 3.05) is 33.4 Å². The van der Waals surface area contributed by atoms with E-state index in [1.54, 1.807) is 12.0 Å². The third-order valence-corrected chi connectivity index (χ3v) is 6.36. The maximum atomic E-state index is 13.6. The summed E-state index contributed by atoms with van der Waals surface area (Å²) in [6.45, 7) is 6.42. The van der Waals surface area contributed by atoms with Gasteiger partial charge in [0.05, 0.1) is 6.54 Å². The Kier molecular flexibility index (Phi) is 10.7. The third-order valence-electron chi connectivity index (χ3n) is 5.99. The summed E-state index contributed by atoms with van der Waals surface area (Å²) in [5, 5.41) is 0.697. The minimum atomic E-state index is -0.415. The van der Waals surface area contributed by atoms with Crippen LogP contribution in [0, 0.1) is 11.7 Å². The Morgan fingerprint density at radius 2 is 1.76 bits per heavy atom. The van der Waals surface area contributed by atoms with Crippen LogP contribution in [0.5, 0.6) is 0 Å². The van der Waals surface area contributed by atoms with Crippen molar-refractivity contribution in [2.24, 2.45) is 5.92 Å². The Morgan fingerprint density at radius 1 is 1.03 bits per heavy atom. The third kappa shape index (κ3) is 8.44. The van der Waals surface area contributed by atoms with Crippen LogP contribution in [0.3, 0.4) is 0 Å². The molecular formula is C29H35ClFN3O3. The maximum Gasteiger partial charge on any atom is 0.254 e. The Morgan fingerprint density at radius 3 is 2.43 bits per heavy atom. The first-order valence-electron chi connectivity index (χ1n) is 12.5. The molecule has 2 amide bonds. The number of aromatic nitrogens is 1. The fraction of sp³-hybridized carbons (Fsp3) is 0.379. The molecule has 0 N–H and O–H groups in total. The molecule has 0 fully saturated rings. The molecule has 1 heterocycles. The van der Waals surface area contributed by atoms with Crippen molar-refractivity contribution in [2.45, 2.75) is 33.4 Å². The molecule has 0 radical (unpaired) electrons. The normalized spacial score (nSPS) is 11.1. The monoisotopic (exact) mass is 527 g/mol. The van der Waals surface area contributed by atoms with E-state index in [1.807, 2.05) is 42.6 Å². The van der Waals surface area contributed by atoms with Crippen molar-refractivity contribution in [3.05, 3.63) is 94.5 Å². The molecule has 0 saturated heterocycles. The average Bonchev–Trinajstić information content (AvgIpc) is 3.30. The smallest absolute Gasteiger partial charge is 0.254 e. The SMILES string of the molecule is COCCCN(CC(=O)N(Cc1cccn1Cc1ccccc1Cl)CC(C)C)C(=O)c1ccc(F)cc1. The lowest BCUT2D eigenvalue weighted by atomic mass is 10.1. The summed E-state index contributed by atoms with van der Waals surface area (Å²) < 4.78 is 20.6. The van der Waals surface area contributed by atoms with Gasteiger partial charge >= 0.3 is 0 Å². The van der Waals surface area contributed by atoms with Gasteiger partial charge in [0.15, 0.2) is 0 Å². The van der Waals surface area contributed by atoms with Crippen molar-refractivity contribution in [3.63, 3.8) is 0 Å². The fourth-order valence-corrected chi connectivity index (χ4v) is 4.33. The van der Waals surface area contributed by atoms with Crippen molar-refractivity contribution in [1.82, 2.24) is 14.4 Å². The lowest BCUT2D eigenvalue weighted by molar-refractivity contribution is -0.133. The van der Waals surface area contributed by atoms with Crippen LogP contribution in [-0.2, 0) is 22.6 Å². The molecule has 1 aromatic heterocycles. The number of methoxy groups -OCH3 is 1. The van der Waals surface area contributed by atoms with E-state index in [9.17, 15) is 14.0 Å². The Balaban J connectivity index is 1.78. The average molecular weight is 528 g/mol. The molecule has 0 spiro atoms. The fourth-order valence-electron chi connectivity index (χ4n) is 4.14. The second-order valence-corrected chi connectivity index (χ2v) is 9.87. The summed E-state index contributed by atoms with van der Waals surface area (Å²) in [6, 6.07) is 17.1. The Bertz CT molecular complexity index is 1160. The zero-order valence-corrected chi connectivity index (χ0v) is 22.5. The highest BCUT2D eigenvalue weighted by Crippen LogP contribution is 2.19. The summed E-state index contributed by atoms with van der Waals surface area (Å²) in [6.07, 6.45) is 2.56. The summed E-state index contributed by atoms with van der Waals surface area (Å²) >= 11 is 6.37. The highest BCUT2D eigenvalue weighted by Gasteiger charge is 2.24. The molecule has 3 aromatic rings. The minimum absolute atomic E-state index is 0.0716. The van der Waals surface area contributed by atoms with E-state index in [2.05, 4.69) is 18.4 Å². The molecule has 0 atom stereocenters. The zero-order chi connectivity index (χ0) is 26.8. The quantitative estimate of drug-likeness (QED) is 0.276. The molecular weight excluding hydrogens is 493 g/mol. The molecule has 0 saturated carbocycles. The molecule has 0 unspecified atom stereocenters. The molecule has 37 heavy (non-hydrogen) atoms. The van der Waals surface area contributed by atoms with Crippen LogP contribution < -0.4 is 0 Å². The first-order valence-corrected chi connectivity index (χ1v) is 12.8. The first kappa shape index (κ1) is 28.4. The van der Waals surface area contributed by atoms with Gasteiger partial charge in [0, 0.05) is 55.8 Å². The van der Waals surface area contributed by atoms with E-state index in [1.165, 1.54) is 29.2 Å². The van der Waals surface area contributed by atoms with Crippen LogP contribution in [0.2, 0.25) is 5.02 Å². The molecule has 0 bridgehead atoms. The summed E-state index contributed by atoms with van der Waals surface area (Å²) in [4.78, 5) is 30.1. The number of halogens is 2. The molecule has 2 aromatic carbocycles. The van der Waals surface area contributed by atoms with Crippen LogP contribution in [-0.4, -0.2) is 59.5 Å². The van der Waals surface area contributed by atoms with Crippen LogP contribution in [0.4, 0.5) is 4.39 Å². The second kappa shape index (κ2) is 14.0. The second-order valence-electron chi connectivity index (χ2n) is 9.47. The van der Waals surface area contributed by atoms with Crippen molar-refractivity contribution in [1.29, 1.82) is 0 Å². The van der Waals surface area contributed by atoms with Crippen LogP contribution >= 0.6 is 11.6 Å². The van der Waals surface area contributed by atoms with E-state index in [0.717, 1.165) is 11.3 Å². The molecule has 0 aliphatic heterocycles. The standard InChI is InChI=1S/C29H35ClFN3O3/c1-22(2)18-34(20-26-9-6-15-32(26)19-24-8-4-5-10-27(24)30)28(35)21-33(16-7-17-37-3)29(36)23-11-13-25(31)14-12-23/h4-6,8-15,22H,7,16-21H2,1-3H3. The maximum absolute atomic E-state index is 13.6. The first-order chi connectivity index (χ1) is 17.8. The van der Waals surface area contributed by atoms with Gasteiger partial charge in [0.25, 0.3) is 5.91 Å². The highest BCUT2D eigenvalue weighted by molar-refractivity contribution is 6.31. The number of amides is 2. The number of rotatable bonds is 13. The lowest BCUT2D eigenvalue weighted by Crippen LogP contribution is -2.44. The number of carbonyl (C=O) groups is 2. The van der Waals surface area contributed by atoms with Gasteiger partial charge in [-0.05, 0) is 60.4 Å². The van der Waals surface area contributed by atoms with Crippen molar-refractivity contribution < 1.29 is 18.7 Å². The number of carbonyl (C=O) groups excluding carboxylic acids is 2. The van der Waals surface area contributed by atoms with Crippen molar-refractivity contribution in [3.8, 4) is 0 Å². The number of nitrogens with zero attached hydrogens (tertiary/aromatic N) is 3. The van der Waals surface area contributed by atoms with Gasteiger partial charge in [-0.3, -0.25) is 9.59 Å². The minimum Gasteiger partial charge on any atom is -0.385 e. The Hall–Kier alpha value is -3.16. The van der Waals surface area contributed by atoms with E-state index < -0.39 is 5.82 Å². The highest BCUT2D eigenvalue weighted by atomic mass is 35.5. The molecule has 6 nitrogen and oxygen atoms in total. The zero-order valence-electron chi connectivity index (χ0n) is 21.7. The predicted octanol–water partition coefficient (Wildman–Crippen LogP) is 5.49. The van der Waals surface area contributed by atoms with Crippen LogP contribution in [0.25, 0.3) is 0 Å². The molecule has 198 valence electrons.